The smallest absolute Gasteiger partial charge is 0.132 e. The van der Waals surface area contributed by atoms with E-state index in [9.17, 15) is 0 Å². The van der Waals surface area contributed by atoms with Crippen LogP contribution >= 0.6 is 0 Å². The first-order valence-electron chi connectivity index (χ1n) is 6.84. The molecule has 5 heteroatoms. The third-order valence-corrected chi connectivity index (χ3v) is 4.05. The summed E-state index contributed by atoms with van der Waals surface area (Å²) in [6.45, 7) is 4.35. The van der Waals surface area contributed by atoms with Gasteiger partial charge in [0.15, 0.2) is 0 Å². The molecule has 0 aromatic carbocycles. The van der Waals surface area contributed by atoms with Crippen LogP contribution in [0.1, 0.15) is 31.5 Å². The number of hydrogen-bond acceptors (Lipinski definition) is 5. The van der Waals surface area contributed by atoms with Gasteiger partial charge in [0, 0.05) is 24.7 Å². The fraction of sp³-hybridized carbons (Fsp3) is 0.692. The number of rotatable bonds is 2. The van der Waals surface area contributed by atoms with Crippen LogP contribution in [0, 0.1) is 6.92 Å². The lowest BCUT2D eigenvalue weighted by Gasteiger charge is -2.32. The van der Waals surface area contributed by atoms with Gasteiger partial charge in [0.05, 0.1) is 0 Å². The Morgan fingerprint density at radius 3 is 3.00 bits per heavy atom. The zero-order valence-corrected chi connectivity index (χ0v) is 10.9. The van der Waals surface area contributed by atoms with Crippen molar-refractivity contribution in [2.75, 3.05) is 24.1 Å². The summed E-state index contributed by atoms with van der Waals surface area (Å²) in [6, 6.07) is 3.02. The standard InChI is InChI=1S/C13H21N5/c1-9-15-12(14)8-13(16-9)17-10-5-7-18-6-3-2-4-11(10)18/h8,10-11H,2-7H2,1H3,(H3,14,15,16,17). The summed E-state index contributed by atoms with van der Waals surface area (Å²) >= 11 is 0. The Bertz CT molecular complexity index is 413. The largest absolute Gasteiger partial charge is 0.384 e. The fourth-order valence-corrected chi connectivity index (χ4v) is 3.27. The van der Waals surface area contributed by atoms with Gasteiger partial charge >= 0.3 is 0 Å². The van der Waals surface area contributed by atoms with Crippen molar-refractivity contribution >= 4 is 11.6 Å². The summed E-state index contributed by atoms with van der Waals surface area (Å²) in [6.07, 6.45) is 5.21. The van der Waals surface area contributed by atoms with Crippen molar-refractivity contribution in [2.24, 2.45) is 0 Å². The predicted octanol–water partition coefficient (Wildman–Crippen LogP) is 1.41. The average molecular weight is 247 g/mol. The van der Waals surface area contributed by atoms with E-state index in [0.717, 1.165) is 11.6 Å². The number of aromatic nitrogens is 2. The number of anilines is 2. The predicted molar refractivity (Wildman–Crippen MR) is 72.4 cm³/mol. The zero-order chi connectivity index (χ0) is 12.5. The maximum absolute atomic E-state index is 5.76. The molecular formula is C13H21N5. The summed E-state index contributed by atoms with van der Waals surface area (Å²) in [4.78, 5) is 11.1. The quantitative estimate of drug-likeness (QED) is 0.827. The number of nitrogens with one attached hydrogen (secondary N) is 1. The van der Waals surface area contributed by atoms with E-state index in [1.165, 1.54) is 38.8 Å². The SMILES string of the molecule is Cc1nc(N)cc(NC2CCN3CCCCC23)n1. The van der Waals surface area contributed by atoms with Crippen LogP contribution in [-0.2, 0) is 0 Å². The first-order chi connectivity index (χ1) is 8.72. The molecule has 2 aliphatic heterocycles. The molecule has 3 heterocycles. The van der Waals surface area contributed by atoms with Gasteiger partial charge in [-0.25, -0.2) is 9.97 Å². The number of aryl methyl sites for hydroxylation is 1. The Morgan fingerprint density at radius 1 is 1.28 bits per heavy atom. The Hall–Kier alpha value is -1.36. The lowest BCUT2D eigenvalue weighted by Crippen LogP contribution is -2.41. The molecule has 3 rings (SSSR count). The van der Waals surface area contributed by atoms with E-state index in [1.54, 1.807) is 0 Å². The molecule has 0 radical (unpaired) electrons. The third kappa shape index (κ3) is 2.27. The molecular weight excluding hydrogens is 226 g/mol. The molecule has 1 aromatic heterocycles. The van der Waals surface area contributed by atoms with Gasteiger partial charge in [-0.2, -0.15) is 0 Å². The normalized spacial score (nSPS) is 28.1. The Balaban J connectivity index is 1.72. The van der Waals surface area contributed by atoms with Gasteiger partial charge in [0.1, 0.15) is 17.5 Å². The van der Waals surface area contributed by atoms with Gasteiger partial charge in [-0.1, -0.05) is 6.42 Å². The van der Waals surface area contributed by atoms with Gasteiger partial charge in [0.2, 0.25) is 0 Å². The van der Waals surface area contributed by atoms with Crippen LogP contribution < -0.4 is 11.1 Å². The molecule has 2 saturated heterocycles. The van der Waals surface area contributed by atoms with Gasteiger partial charge in [-0.05, 0) is 32.7 Å². The number of fused-ring (bicyclic) bond motifs is 1. The molecule has 0 bridgehead atoms. The Kier molecular flexibility index (Phi) is 3.07. The summed E-state index contributed by atoms with van der Waals surface area (Å²) in [5.74, 6) is 2.15. The molecule has 1 aromatic rings. The minimum Gasteiger partial charge on any atom is -0.384 e. The van der Waals surface area contributed by atoms with E-state index in [4.69, 9.17) is 5.73 Å². The molecule has 2 unspecified atom stereocenters. The van der Waals surface area contributed by atoms with E-state index in [0.29, 0.717) is 17.9 Å². The molecule has 98 valence electrons. The summed E-state index contributed by atoms with van der Waals surface area (Å²) < 4.78 is 0. The number of nitrogens with zero attached hydrogens (tertiary/aromatic N) is 3. The molecule has 2 aliphatic rings. The first-order valence-corrected chi connectivity index (χ1v) is 6.84. The second-order valence-corrected chi connectivity index (χ2v) is 5.36. The van der Waals surface area contributed by atoms with Crippen molar-refractivity contribution in [1.29, 1.82) is 0 Å². The van der Waals surface area contributed by atoms with E-state index in [2.05, 4.69) is 20.2 Å². The van der Waals surface area contributed by atoms with Crippen molar-refractivity contribution < 1.29 is 0 Å². The van der Waals surface area contributed by atoms with E-state index in [-0.39, 0.29) is 0 Å². The van der Waals surface area contributed by atoms with Crippen molar-refractivity contribution in [2.45, 2.75) is 44.7 Å². The molecule has 5 nitrogen and oxygen atoms in total. The molecule has 2 atom stereocenters. The van der Waals surface area contributed by atoms with Crippen LogP contribution in [0.4, 0.5) is 11.6 Å². The minimum atomic E-state index is 0.513. The van der Waals surface area contributed by atoms with Crippen molar-refractivity contribution in [3.8, 4) is 0 Å². The maximum Gasteiger partial charge on any atom is 0.132 e. The molecule has 0 amide bonds. The molecule has 0 saturated carbocycles. The van der Waals surface area contributed by atoms with Gasteiger partial charge in [-0.15, -0.1) is 0 Å². The van der Waals surface area contributed by atoms with E-state index >= 15 is 0 Å². The highest BCUT2D eigenvalue weighted by molar-refractivity contribution is 5.45. The van der Waals surface area contributed by atoms with Crippen LogP contribution in [0.2, 0.25) is 0 Å². The minimum absolute atomic E-state index is 0.513. The van der Waals surface area contributed by atoms with Crippen LogP contribution in [0.3, 0.4) is 0 Å². The van der Waals surface area contributed by atoms with Crippen LogP contribution in [0.5, 0.6) is 0 Å². The molecule has 0 spiro atoms. The van der Waals surface area contributed by atoms with Gasteiger partial charge in [-0.3, -0.25) is 4.90 Å². The second-order valence-electron chi connectivity index (χ2n) is 5.36. The number of hydrogen-bond donors (Lipinski definition) is 2. The fourth-order valence-electron chi connectivity index (χ4n) is 3.27. The highest BCUT2D eigenvalue weighted by Gasteiger charge is 2.35. The summed E-state index contributed by atoms with van der Waals surface area (Å²) in [5, 5.41) is 3.55. The van der Waals surface area contributed by atoms with Crippen LogP contribution in [0.25, 0.3) is 0 Å². The summed E-state index contributed by atoms with van der Waals surface area (Å²) in [5.41, 5.74) is 5.76. The second kappa shape index (κ2) is 4.72. The van der Waals surface area contributed by atoms with Crippen molar-refractivity contribution in [1.82, 2.24) is 14.9 Å². The molecule has 18 heavy (non-hydrogen) atoms. The van der Waals surface area contributed by atoms with Crippen molar-refractivity contribution in [3.05, 3.63) is 11.9 Å². The maximum atomic E-state index is 5.76. The van der Waals surface area contributed by atoms with Gasteiger partial charge in [0.25, 0.3) is 0 Å². The molecule has 2 fully saturated rings. The lowest BCUT2D eigenvalue weighted by atomic mass is 9.99. The van der Waals surface area contributed by atoms with E-state index < -0.39 is 0 Å². The third-order valence-electron chi connectivity index (χ3n) is 4.05. The summed E-state index contributed by atoms with van der Waals surface area (Å²) in [7, 11) is 0. The van der Waals surface area contributed by atoms with Gasteiger partial charge < -0.3 is 11.1 Å². The zero-order valence-electron chi connectivity index (χ0n) is 10.9. The average Bonchev–Trinajstić information content (AvgIpc) is 2.72. The topological polar surface area (TPSA) is 67.1 Å². The highest BCUT2D eigenvalue weighted by atomic mass is 15.2. The van der Waals surface area contributed by atoms with Crippen molar-refractivity contribution in [3.63, 3.8) is 0 Å². The Morgan fingerprint density at radius 2 is 2.17 bits per heavy atom. The highest BCUT2D eigenvalue weighted by Crippen LogP contribution is 2.29. The number of piperidine rings is 1. The van der Waals surface area contributed by atoms with Crippen LogP contribution in [-0.4, -0.2) is 40.0 Å². The molecule has 3 N–H and O–H groups in total. The first kappa shape index (κ1) is 11.7. The molecule has 0 aliphatic carbocycles. The van der Waals surface area contributed by atoms with Crippen LogP contribution in [0.15, 0.2) is 6.07 Å². The number of nitrogens with two attached hydrogens (primary N) is 1. The lowest BCUT2D eigenvalue weighted by molar-refractivity contribution is 0.192. The van der Waals surface area contributed by atoms with E-state index in [1.807, 2.05) is 13.0 Å². The Labute approximate surface area is 108 Å². The number of nitrogen functional groups attached to an aromatic ring is 1. The monoisotopic (exact) mass is 247 g/mol.